The van der Waals surface area contributed by atoms with Crippen LogP contribution in [-0.4, -0.2) is 48.9 Å². The summed E-state index contributed by atoms with van der Waals surface area (Å²) >= 11 is 0. The summed E-state index contributed by atoms with van der Waals surface area (Å²) in [6.45, 7) is 6.28. The number of alkyl halides is 1. The number of aromatic nitrogens is 3. The Kier molecular flexibility index (Phi) is 5.72. The van der Waals surface area contributed by atoms with Gasteiger partial charge in [-0.3, -0.25) is 14.7 Å². The van der Waals surface area contributed by atoms with E-state index in [-0.39, 0.29) is 11.6 Å². The largest absolute Gasteiger partial charge is 0.435 e. The van der Waals surface area contributed by atoms with E-state index < -0.39 is 16.2 Å². The zero-order valence-electron chi connectivity index (χ0n) is 18.3. The van der Waals surface area contributed by atoms with Gasteiger partial charge in [0.15, 0.2) is 5.75 Å². The standard InChI is InChI=1S/C22H24FN5O3S/c1-13-7-14(2)25-15(3)21(13)31-22-20(27-32(4,29)30)6-5-19(26-22)16-8-18(10-24-9-16)28-11-17(23)12-28/h5-10,17,27H,11-12H2,1-4H3. The van der Waals surface area contributed by atoms with Crippen LogP contribution in [-0.2, 0) is 10.0 Å². The lowest BCUT2D eigenvalue weighted by Gasteiger charge is -2.36. The van der Waals surface area contributed by atoms with Gasteiger partial charge in [0.1, 0.15) is 11.9 Å². The van der Waals surface area contributed by atoms with Crippen LogP contribution in [0.3, 0.4) is 0 Å². The number of aryl methyl sites for hydroxylation is 3. The minimum atomic E-state index is -3.56. The van der Waals surface area contributed by atoms with Crippen LogP contribution in [0, 0.1) is 20.8 Å². The predicted octanol–water partition coefficient (Wildman–Crippen LogP) is 3.79. The molecule has 8 nitrogen and oxygen atoms in total. The lowest BCUT2D eigenvalue weighted by molar-refractivity contribution is 0.275. The van der Waals surface area contributed by atoms with Gasteiger partial charge in [0, 0.05) is 17.5 Å². The third-order valence-corrected chi connectivity index (χ3v) is 5.62. The minimum Gasteiger partial charge on any atom is -0.435 e. The van der Waals surface area contributed by atoms with E-state index in [9.17, 15) is 12.8 Å². The van der Waals surface area contributed by atoms with E-state index in [4.69, 9.17) is 4.74 Å². The molecule has 3 aromatic heterocycles. The number of halogens is 1. The molecule has 4 heterocycles. The van der Waals surface area contributed by atoms with Crippen molar-refractivity contribution < 1.29 is 17.5 Å². The van der Waals surface area contributed by atoms with Crippen LogP contribution in [0.15, 0.2) is 36.7 Å². The van der Waals surface area contributed by atoms with Crippen LogP contribution in [0.4, 0.5) is 15.8 Å². The molecular formula is C22H24FN5O3S. The third kappa shape index (κ3) is 4.80. The summed E-state index contributed by atoms with van der Waals surface area (Å²) in [7, 11) is -3.56. The molecule has 1 fully saturated rings. The summed E-state index contributed by atoms with van der Waals surface area (Å²) in [4.78, 5) is 15.2. The van der Waals surface area contributed by atoms with Crippen LogP contribution in [0.1, 0.15) is 17.0 Å². The average Bonchev–Trinajstić information content (AvgIpc) is 2.68. The Hall–Kier alpha value is -3.27. The van der Waals surface area contributed by atoms with Gasteiger partial charge < -0.3 is 9.64 Å². The molecule has 0 atom stereocenters. The normalized spacial score (nSPS) is 14.2. The van der Waals surface area contributed by atoms with Gasteiger partial charge >= 0.3 is 0 Å². The zero-order chi connectivity index (χ0) is 23.0. The van der Waals surface area contributed by atoms with Gasteiger partial charge in [0.2, 0.25) is 15.9 Å². The highest BCUT2D eigenvalue weighted by atomic mass is 32.2. The van der Waals surface area contributed by atoms with Gasteiger partial charge in [-0.1, -0.05) is 0 Å². The number of hydrogen-bond donors (Lipinski definition) is 1. The van der Waals surface area contributed by atoms with Crippen molar-refractivity contribution in [2.45, 2.75) is 26.9 Å². The fourth-order valence-corrected chi connectivity index (χ4v) is 4.15. The van der Waals surface area contributed by atoms with Crippen molar-refractivity contribution in [2.24, 2.45) is 0 Å². The summed E-state index contributed by atoms with van der Waals surface area (Å²) in [5.74, 6) is 0.612. The molecule has 3 aromatic rings. The molecule has 32 heavy (non-hydrogen) atoms. The van der Waals surface area contributed by atoms with Crippen LogP contribution in [0.25, 0.3) is 11.3 Å². The van der Waals surface area contributed by atoms with Crippen LogP contribution < -0.4 is 14.4 Å². The van der Waals surface area contributed by atoms with Gasteiger partial charge in [0.25, 0.3) is 0 Å². The Morgan fingerprint density at radius 2 is 1.88 bits per heavy atom. The Morgan fingerprint density at radius 1 is 1.12 bits per heavy atom. The topological polar surface area (TPSA) is 97.3 Å². The van der Waals surface area contributed by atoms with E-state index in [0.29, 0.717) is 35.8 Å². The Balaban J connectivity index is 1.74. The molecule has 1 aliphatic heterocycles. The van der Waals surface area contributed by atoms with Gasteiger partial charge in [0.05, 0.1) is 42.6 Å². The maximum Gasteiger partial charge on any atom is 0.244 e. The number of hydrogen-bond acceptors (Lipinski definition) is 7. The van der Waals surface area contributed by atoms with Crippen molar-refractivity contribution in [1.82, 2.24) is 15.0 Å². The molecule has 1 aliphatic rings. The number of nitrogens with zero attached hydrogens (tertiary/aromatic N) is 4. The average molecular weight is 458 g/mol. The van der Waals surface area contributed by atoms with E-state index in [1.807, 2.05) is 37.8 Å². The maximum absolute atomic E-state index is 13.3. The van der Waals surface area contributed by atoms with Crippen LogP contribution in [0.2, 0.25) is 0 Å². The maximum atomic E-state index is 13.3. The SMILES string of the molecule is Cc1cc(C)c(Oc2nc(-c3cncc(N4CC(F)C4)c3)ccc2NS(C)(=O)=O)c(C)n1. The van der Waals surface area contributed by atoms with Crippen molar-refractivity contribution in [1.29, 1.82) is 0 Å². The number of rotatable bonds is 6. The molecule has 0 saturated carbocycles. The summed E-state index contributed by atoms with van der Waals surface area (Å²) < 4.78 is 45.5. The molecule has 4 rings (SSSR count). The van der Waals surface area contributed by atoms with Crippen molar-refractivity contribution >= 4 is 21.4 Å². The van der Waals surface area contributed by atoms with Crippen LogP contribution in [0.5, 0.6) is 11.6 Å². The van der Waals surface area contributed by atoms with Gasteiger partial charge in [-0.25, -0.2) is 17.8 Å². The highest BCUT2D eigenvalue weighted by molar-refractivity contribution is 7.92. The highest BCUT2D eigenvalue weighted by Crippen LogP contribution is 2.35. The summed E-state index contributed by atoms with van der Waals surface area (Å²) in [5, 5.41) is 0. The summed E-state index contributed by atoms with van der Waals surface area (Å²) in [6, 6.07) is 7.04. The fourth-order valence-electron chi connectivity index (χ4n) is 3.60. The quantitative estimate of drug-likeness (QED) is 0.601. The molecule has 10 heteroatoms. The van der Waals surface area contributed by atoms with E-state index in [2.05, 4.69) is 19.7 Å². The lowest BCUT2D eigenvalue weighted by atomic mass is 10.1. The van der Waals surface area contributed by atoms with Gasteiger partial charge in [-0.2, -0.15) is 0 Å². The number of nitrogens with one attached hydrogen (secondary N) is 1. The molecule has 1 saturated heterocycles. The first-order valence-electron chi connectivity index (χ1n) is 10.0. The first kappa shape index (κ1) is 21.9. The van der Waals surface area contributed by atoms with Crippen LogP contribution >= 0.6 is 0 Å². The van der Waals surface area contributed by atoms with Crippen molar-refractivity contribution in [3.63, 3.8) is 0 Å². The lowest BCUT2D eigenvalue weighted by Crippen LogP contribution is -2.48. The number of ether oxygens (including phenoxy) is 1. The molecule has 0 spiro atoms. The predicted molar refractivity (Wildman–Crippen MR) is 122 cm³/mol. The number of pyridine rings is 3. The number of anilines is 2. The molecule has 0 radical (unpaired) electrons. The zero-order valence-corrected chi connectivity index (χ0v) is 19.1. The summed E-state index contributed by atoms with van der Waals surface area (Å²) in [5.41, 5.74) is 4.64. The molecule has 0 aromatic carbocycles. The molecule has 1 N–H and O–H groups in total. The van der Waals surface area contributed by atoms with E-state index in [1.54, 1.807) is 24.5 Å². The second-order valence-corrected chi connectivity index (χ2v) is 9.70. The van der Waals surface area contributed by atoms with E-state index in [0.717, 1.165) is 23.2 Å². The van der Waals surface area contributed by atoms with Crippen molar-refractivity contribution in [2.75, 3.05) is 29.0 Å². The Morgan fingerprint density at radius 3 is 2.53 bits per heavy atom. The smallest absolute Gasteiger partial charge is 0.244 e. The second-order valence-electron chi connectivity index (χ2n) is 7.95. The fraction of sp³-hybridized carbons (Fsp3) is 0.318. The molecule has 0 bridgehead atoms. The number of sulfonamides is 1. The summed E-state index contributed by atoms with van der Waals surface area (Å²) in [6.07, 6.45) is 3.56. The first-order valence-corrected chi connectivity index (χ1v) is 11.9. The molecular weight excluding hydrogens is 433 g/mol. The van der Waals surface area contributed by atoms with E-state index >= 15 is 0 Å². The van der Waals surface area contributed by atoms with E-state index in [1.165, 1.54) is 0 Å². The van der Waals surface area contributed by atoms with Gasteiger partial charge in [-0.05, 0) is 50.6 Å². The third-order valence-electron chi connectivity index (χ3n) is 5.03. The monoisotopic (exact) mass is 457 g/mol. The van der Waals surface area contributed by atoms with Crippen molar-refractivity contribution in [3.05, 3.63) is 53.6 Å². The first-order chi connectivity index (χ1) is 15.1. The van der Waals surface area contributed by atoms with Gasteiger partial charge in [-0.15, -0.1) is 0 Å². The minimum absolute atomic E-state index is 0.1000. The molecule has 0 amide bonds. The molecule has 168 valence electrons. The van der Waals surface area contributed by atoms with Crippen molar-refractivity contribution in [3.8, 4) is 22.9 Å². The molecule has 0 aliphatic carbocycles. The Bertz CT molecular complexity index is 1250. The molecule has 0 unspecified atom stereocenters. The Labute approximate surface area is 186 Å². The highest BCUT2D eigenvalue weighted by Gasteiger charge is 2.26. The second kappa shape index (κ2) is 8.34.